The molecule has 2 aromatic carbocycles. The number of hydrogen-bond acceptors (Lipinski definition) is 7. The van der Waals surface area contributed by atoms with Crippen molar-refractivity contribution in [3.8, 4) is 5.69 Å². The maximum Gasteiger partial charge on any atom is 0.374 e. The van der Waals surface area contributed by atoms with E-state index in [1.54, 1.807) is 11.5 Å². The van der Waals surface area contributed by atoms with Crippen LogP contribution in [0.3, 0.4) is 0 Å². The van der Waals surface area contributed by atoms with Crippen LogP contribution < -0.4 is 5.56 Å². The number of thioether (sulfide) groups is 1. The van der Waals surface area contributed by atoms with E-state index in [2.05, 4.69) is 24.0 Å². The molecular formula is C26H24N4O4S. The predicted molar refractivity (Wildman–Crippen MR) is 135 cm³/mol. The summed E-state index contributed by atoms with van der Waals surface area (Å²) in [7, 11) is 1.32. The van der Waals surface area contributed by atoms with Gasteiger partial charge in [-0.05, 0) is 42.7 Å². The first-order chi connectivity index (χ1) is 16.9. The van der Waals surface area contributed by atoms with Gasteiger partial charge in [-0.3, -0.25) is 9.20 Å². The first-order valence-corrected chi connectivity index (χ1v) is 12.2. The third-order valence-electron chi connectivity index (χ3n) is 5.88. The van der Waals surface area contributed by atoms with Crippen molar-refractivity contribution in [3.63, 3.8) is 0 Å². The summed E-state index contributed by atoms with van der Waals surface area (Å²) >= 11 is 1.41. The molecule has 0 radical (unpaired) electrons. The van der Waals surface area contributed by atoms with Gasteiger partial charge in [0.2, 0.25) is 11.5 Å². The Kier molecular flexibility index (Phi) is 5.94. The van der Waals surface area contributed by atoms with Crippen LogP contribution in [0.15, 0.2) is 69.0 Å². The molecule has 8 nitrogen and oxygen atoms in total. The molecule has 0 atom stereocenters. The molecule has 0 bridgehead atoms. The number of methoxy groups -OCH3 is 1. The van der Waals surface area contributed by atoms with Gasteiger partial charge in [0, 0.05) is 5.56 Å². The second-order valence-electron chi connectivity index (χ2n) is 8.49. The van der Waals surface area contributed by atoms with Crippen molar-refractivity contribution in [1.82, 2.24) is 19.2 Å². The average Bonchev–Trinajstić information content (AvgIpc) is 3.46. The van der Waals surface area contributed by atoms with Crippen LogP contribution in [0.2, 0.25) is 0 Å². The van der Waals surface area contributed by atoms with E-state index in [-0.39, 0.29) is 17.2 Å². The van der Waals surface area contributed by atoms with Crippen LogP contribution in [0.4, 0.5) is 0 Å². The third kappa shape index (κ3) is 3.91. The Morgan fingerprint density at radius 3 is 2.63 bits per heavy atom. The smallest absolute Gasteiger partial charge is 0.374 e. The maximum atomic E-state index is 13.7. The third-order valence-corrected chi connectivity index (χ3v) is 6.83. The molecule has 0 unspecified atom stereocenters. The molecule has 5 aromatic rings. The molecule has 3 heterocycles. The van der Waals surface area contributed by atoms with Crippen molar-refractivity contribution in [2.75, 3.05) is 7.11 Å². The molecular weight excluding hydrogens is 464 g/mol. The summed E-state index contributed by atoms with van der Waals surface area (Å²) < 4.78 is 14.0. The Balaban J connectivity index is 1.66. The minimum atomic E-state index is -0.509. The first-order valence-electron chi connectivity index (χ1n) is 11.2. The predicted octanol–water partition coefficient (Wildman–Crippen LogP) is 5.14. The highest BCUT2D eigenvalue weighted by molar-refractivity contribution is 7.98. The number of nitrogens with zero attached hydrogens (tertiary/aromatic N) is 4. The highest BCUT2D eigenvalue weighted by Crippen LogP contribution is 2.29. The molecule has 35 heavy (non-hydrogen) atoms. The van der Waals surface area contributed by atoms with Crippen LogP contribution in [0.5, 0.6) is 0 Å². The van der Waals surface area contributed by atoms with Crippen LogP contribution >= 0.6 is 11.8 Å². The number of aromatic nitrogens is 4. The quantitative estimate of drug-likeness (QED) is 0.241. The van der Waals surface area contributed by atoms with E-state index in [9.17, 15) is 9.59 Å². The Labute approximate surface area is 205 Å². The number of esters is 1. The Morgan fingerprint density at radius 2 is 1.86 bits per heavy atom. The Bertz CT molecular complexity index is 1630. The highest BCUT2D eigenvalue weighted by Gasteiger charge is 2.21. The minimum absolute atomic E-state index is 0.144. The zero-order valence-corrected chi connectivity index (χ0v) is 20.6. The Hall–Kier alpha value is -3.85. The molecule has 0 saturated carbocycles. The summed E-state index contributed by atoms with van der Waals surface area (Å²) in [6.07, 6.45) is 0. The monoisotopic (exact) mass is 488 g/mol. The molecule has 0 aliphatic carbocycles. The first kappa shape index (κ1) is 22.9. The van der Waals surface area contributed by atoms with Gasteiger partial charge in [0.25, 0.3) is 5.56 Å². The number of hydrogen-bond donors (Lipinski definition) is 0. The zero-order chi connectivity index (χ0) is 24.7. The number of ether oxygens (including phenoxy) is 1. The molecule has 0 fully saturated rings. The number of para-hydroxylation sites is 2. The largest absolute Gasteiger partial charge is 0.463 e. The second-order valence-corrected chi connectivity index (χ2v) is 9.44. The lowest BCUT2D eigenvalue weighted by molar-refractivity contribution is 0.0562. The molecule has 0 aliphatic rings. The van der Waals surface area contributed by atoms with Gasteiger partial charge in [-0.1, -0.05) is 55.9 Å². The number of rotatable bonds is 6. The van der Waals surface area contributed by atoms with Gasteiger partial charge < -0.3 is 9.15 Å². The van der Waals surface area contributed by atoms with E-state index >= 15 is 0 Å². The fourth-order valence-electron chi connectivity index (χ4n) is 4.22. The average molecular weight is 489 g/mol. The van der Waals surface area contributed by atoms with E-state index in [4.69, 9.17) is 9.15 Å². The normalized spacial score (nSPS) is 11.6. The van der Waals surface area contributed by atoms with Crippen molar-refractivity contribution < 1.29 is 13.9 Å². The number of carbonyl (C=O) groups excluding carboxylic acids is 1. The summed E-state index contributed by atoms with van der Waals surface area (Å²) in [6, 6.07) is 17.1. The van der Waals surface area contributed by atoms with E-state index in [1.807, 2.05) is 59.0 Å². The number of benzene rings is 2. The van der Waals surface area contributed by atoms with Crippen molar-refractivity contribution in [3.05, 3.63) is 87.6 Å². The summed E-state index contributed by atoms with van der Waals surface area (Å²) in [4.78, 5) is 25.6. The van der Waals surface area contributed by atoms with Gasteiger partial charge in [0.15, 0.2) is 5.16 Å². The van der Waals surface area contributed by atoms with Gasteiger partial charge >= 0.3 is 5.97 Å². The zero-order valence-electron chi connectivity index (χ0n) is 19.8. The van der Waals surface area contributed by atoms with Crippen LogP contribution in [0.1, 0.15) is 47.2 Å². The Morgan fingerprint density at radius 1 is 1.11 bits per heavy atom. The second kappa shape index (κ2) is 9.07. The number of carbonyl (C=O) groups is 1. The fraction of sp³-hybridized carbons (Fsp3) is 0.231. The molecule has 178 valence electrons. The van der Waals surface area contributed by atoms with E-state index in [0.717, 1.165) is 16.8 Å². The van der Waals surface area contributed by atoms with Crippen molar-refractivity contribution in [2.45, 2.75) is 37.6 Å². The van der Waals surface area contributed by atoms with Crippen molar-refractivity contribution in [2.24, 2.45) is 0 Å². The summed E-state index contributed by atoms with van der Waals surface area (Å²) in [5.41, 5.74) is 3.13. The van der Waals surface area contributed by atoms with E-state index in [1.165, 1.54) is 18.9 Å². The lowest BCUT2D eigenvalue weighted by atomic mass is 10.0. The molecule has 0 spiro atoms. The molecule has 9 heteroatoms. The van der Waals surface area contributed by atoms with Gasteiger partial charge in [-0.25, -0.2) is 9.36 Å². The molecule has 5 rings (SSSR count). The summed E-state index contributed by atoms with van der Waals surface area (Å²) in [6.45, 7) is 6.00. The van der Waals surface area contributed by atoms with Crippen LogP contribution in [0.25, 0.3) is 22.4 Å². The molecule has 0 N–H and O–H groups in total. The maximum absolute atomic E-state index is 13.7. The van der Waals surface area contributed by atoms with Gasteiger partial charge in [-0.15, -0.1) is 10.2 Å². The lowest BCUT2D eigenvalue weighted by Crippen LogP contribution is -2.23. The highest BCUT2D eigenvalue weighted by atomic mass is 32.2. The van der Waals surface area contributed by atoms with Crippen molar-refractivity contribution >= 4 is 34.4 Å². The van der Waals surface area contributed by atoms with E-state index in [0.29, 0.717) is 33.4 Å². The minimum Gasteiger partial charge on any atom is -0.463 e. The SMILES string of the molecule is COC(=O)c1oc(CSc2nnc3n(-c4ccccc4C(C)C)c(=O)c4ccccc4n23)cc1C. The van der Waals surface area contributed by atoms with E-state index < -0.39 is 5.97 Å². The number of furan rings is 1. The van der Waals surface area contributed by atoms with Crippen molar-refractivity contribution in [1.29, 1.82) is 0 Å². The van der Waals surface area contributed by atoms with Gasteiger partial charge in [-0.2, -0.15) is 0 Å². The molecule has 0 amide bonds. The standard InChI is InChI=1S/C26H24N4O4S/c1-15(2)18-9-5-7-11-20(18)29-23(31)19-10-6-8-12-21(19)30-25(29)27-28-26(30)35-14-17-13-16(3)22(34-17)24(32)33-4/h5-13,15H,14H2,1-4H3. The molecule has 3 aromatic heterocycles. The molecule has 0 aliphatic heterocycles. The molecule has 0 saturated heterocycles. The number of fused-ring (bicyclic) bond motifs is 3. The van der Waals surface area contributed by atoms with Crippen LogP contribution in [-0.2, 0) is 10.5 Å². The lowest BCUT2D eigenvalue weighted by Gasteiger charge is -2.16. The summed E-state index contributed by atoms with van der Waals surface area (Å²) in [5.74, 6) is 1.38. The summed E-state index contributed by atoms with van der Waals surface area (Å²) in [5, 5.41) is 10.0. The van der Waals surface area contributed by atoms with Gasteiger partial charge in [0.05, 0.1) is 29.5 Å². The number of aryl methyl sites for hydroxylation is 1. The topological polar surface area (TPSA) is 91.6 Å². The van der Waals surface area contributed by atoms with Crippen LogP contribution in [0, 0.1) is 6.92 Å². The van der Waals surface area contributed by atoms with Crippen LogP contribution in [-0.4, -0.2) is 32.2 Å². The fourth-order valence-corrected chi connectivity index (χ4v) is 5.04. The van der Waals surface area contributed by atoms with Gasteiger partial charge in [0.1, 0.15) is 5.76 Å².